The lowest BCUT2D eigenvalue weighted by Crippen LogP contribution is -2.37. The molecule has 0 aromatic carbocycles. The van der Waals surface area contributed by atoms with Gasteiger partial charge in [-0.1, -0.05) is 13.8 Å². The predicted molar refractivity (Wildman–Crippen MR) is 60.2 cm³/mol. The van der Waals surface area contributed by atoms with Crippen LogP contribution in [0.1, 0.15) is 39.5 Å². The van der Waals surface area contributed by atoms with Crippen molar-refractivity contribution in [2.75, 3.05) is 13.2 Å². The van der Waals surface area contributed by atoms with Gasteiger partial charge in [0.2, 0.25) is 0 Å². The summed E-state index contributed by atoms with van der Waals surface area (Å²) in [6, 6.07) is 2.45. The first-order valence-electron chi connectivity index (χ1n) is 5.83. The molecule has 0 aromatic heterocycles. The molecule has 1 aliphatic rings. The summed E-state index contributed by atoms with van der Waals surface area (Å²) < 4.78 is 0. The number of nitrogens with zero attached hydrogens (tertiary/aromatic N) is 1. The average Bonchev–Trinajstić information content (AvgIpc) is 2.93. The van der Waals surface area contributed by atoms with Gasteiger partial charge in [-0.3, -0.25) is 0 Å². The monoisotopic (exact) mass is 210 g/mol. The highest BCUT2D eigenvalue weighted by atomic mass is 16.3. The number of hydrogen-bond acceptors (Lipinski definition) is 3. The van der Waals surface area contributed by atoms with E-state index in [0.29, 0.717) is 12.3 Å². The molecule has 0 heterocycles. The summed E-state index contributed by atoms with van der Waals surface area (Å²) in [5, 5.41) is 21.3. The highest BCUT2D eigenvalue weighted by Gasteiger charge is 2.42. The van der Waals surface area contributed by atoms with Crippen LogP contribution in [0.25, 0.3) is 0 Å². The normalized spacial score (nSPS) is 19.9. The van der Waals surface area contributed by atoms with Gasteiger partial charge in [0.05, 0.1) is 12.7 Å². The average molecular weight is 210 g/mol. The zero-order chi connectivity index (χ0) is 11.3. The third-order valence-corrected chi connectivity index (χ3v) is 3.15. The highest BCUT2D eigenvalue weighted by molar-refractivity contribution is 5.01. The van der Waals surface area contributed by atoms with Gasteiger partial charge in [0, 0.05) is 19.0 Å². The molecule has 1 rings (SSSR count). The summed E-state index contributed by atoms with van der Waals surface area (Å²) in [6.45, 7) is 5.40. The van der Waals surface area contributed by atoms with Gasteiger partial charge in [0.15, 0.2) is 0 Å². The van der Waals surface area contributed by atoms with Crippen molar-refractivity contribution in [3.63, 3.8) is 0 Å². The van der Waals surface area contributed by atoms with Gasteiger partial charge in [-0.2, -0.15) is 5.26 Å². The van der Waals surface area contributed by atoms with E-state index in [1.165, 1.54) is 0 Å². The van der Waals surface area contributed by atoms with Crippen LogP contribution in [0.15, 0.2) is 0 Å². The number of rotatable bonds is 7. The molecular weight excluding hydrogens is 188 g/mol. The Balaban J connectivity index is 2.25. The Hall–Kier alpha value is -0.590. The Morgan fingerprint density at radius 2 is 2.13 bits per heavy atom. The zero-order valence-electron chi connectivity index (χ0n) is 9.79. The van der Waals surface area contributed by atoms with Crippen LogP contribution in [0.2, 0.25) is 0 Å². The molecular formula is C12H22N2O. The lowest BCUT2D eigenvalue weighted by Gasteiger charge is -2.21. The fraction of sp³-hybridized carbons (Fsp3) is 0.917. The van der Waals surface area contributed by atoms with E-state index < -0.39 is 0 Å². The molecule has 1 atom stereocenters. The van der Waals surface area contributed by atoms with Gasteiger partial charge in [-0.15, -0.1) is 0 Å². The van der Waals surface area contributed by atoms with Crippen molar-refractivity contribution in [3.8, 4) is 6.07 Å². The van der Waals surface area contributed by atoms with E-state index in [2.05, 4.69) is 25.2 Å². The quantitative estimate of drug-likeness (QED) is 0.672. The van der Waals surface area contributed by atoms with Crippen molar-refractivity contribution in [3.05, 3.63) is 0 Å². The van der Waals surface area contributed by atoms with E-state index in [4.69, 9.17) is 5.26 Å². The first-order valence-corrected chi connectivity index (χ1v) is 5.83. The summed E-state index contributed by atoms with van der Waals surface area (Å²) in [6.07, 6.45) is 3.97. The Morgan fingerprint density at radius 1 is 1.47 bits per heavy atom. The Morgan fingerprint density at radius 3 is 2.53 bits per heavy atom. The van der Waals surface area contributed by atoms with Crippen LogP contribution in [-0.4, -0.2) is 24.3 Å². The minimum Gasteiger partial charge on any atom is -0.395 e. The molecule has 1 unspecified atom stereocenters. The maximum atomic E-state index is 9.19. The molecule has 0 saturated heterocycles. The van der Waals surface area contributed by atoms with Crippen molar-refractivity contribution in [2.45, 2.75) is 45.6 Å². The summed E-state index contributed by atoms with van der Waals surface area (Å²) >= 11 is 0. The second-order valence-corrected chi connectivity index (χ2v) is 5.22. The fourth-order valence-corrected chi connectivity index (χ4v) is 1.91. The molecule has 15 heavy (non-hydrogen) atoms. The first kappa shape index (κ1) is 12.5. The molecule has 0 spiro atoms. The highest BCUT2D eigenvalue weighted by Crippen LogP contribution is 2.47. The van der Waals surface area contributed by atoms with Crippen LogP contribution < -0.4 is 5.32 Å². The minimum absolute atomic E-state index is 0.195. The molecule has 0 aromatic rings. The van der Waals surface area contributed by atoms with E-state index in [1.54, 1.807) is 0 Å². The molecule has 2 N–H and O–H groups in total. The topological polar surface area (TPSA) is 56.0 Å². The Bertz CT molecular complexity index is 228. The minimum atomic E-state index is 0.195. The second-order valence-electron chi connectivity index (χ2n) is 5.22. The van der Waals surface area contributed by atoms with Crippen molar-refractivity contribution >= 4 is 0 Å². The van der Waals surface area contributed by atoms with Crippen LogP contribution in [0.5, 0.6) is 0 Å². The molecule has 0 aliphatic heterocycles. The lowest BCUT2D eigenvalue weighted by molar-refractivity contribution is 0.217. The molecule has 0 bridgehead atoms. The number of aliphatic hydroxyl groups is 1. The van der Waals surface area contributed by atoms with Crippen LogP contribution >= 0.6 is 0 Å². The van der Waals surface area contributed by atoms with Gasteiger partial charge in [-0.05, 0) is 30.6 Å². The van der Waals surface area contributed by atoms with Gasteiger partial charge in [-0.25, -0.2) is 0 Å². The van der Waals surface area contributed by atoms with Crippen molar-refractivity contribution in [2.24, 2.45) is 11.3 Å². The van der Waals surface area contributed by atoms with E-state index in [1.807, 2.05) is 0 Å². The molecule has 1 fully saturated rings. The first-order chi connectivity index (χ1) is 7.12. The smallest absolute Gasteiger partial charge is 0.0628 e. The lowest BCUT2D eigenvalue weighted by atomic mass is 10.0. The zero-order valence-corrected chi connectivity index (χ0v) is 9.79. The number of nitriles is 1. The summed E-state index contributed by atoms with van der Waals surface area (Å²) in [7, 11) is 0. The van der Waals surface area contributed by atoms with Crippen LogP contribution in [0.4, 0.5) is 0 Å². The van der Waals surface area contributed by atoms with Crippen molar-refractivity contribution in [1.29, 1.82) is 5.26 Å². The molecule has 0 radical (unpaired) electrons. The fourth-order valence-electron chi connectivity index (χ4n) is 1.91. The standard InChI is InChI=1S/C12H22N2O/c1-10(2)7-11(8-15)14-9-12(3-4-12)5-6-13/h10-11,14-15H,3-5,7-9H2,1-2H3. The Labute approximate surface area is 92.5 Å². The maximum Gasteiger partial charge on any atom is 0.0628 e. The van der Waals surface area contributed by atoms with Gasteiger partial charge in [0.1, 0.15) is 0 Å². The number of aliphatic hydroxyl groups excluding tert-OH is 1. The van der Waals surface area contributed by atoms with E-state index in [-0.39, 0.29) is 18.1 Å². The number of hydrogen-bond donors (Lipinski definition) is 2. The molecule has 0 amide bonds. The molecule has 86 valence electrons. The largest absolute Gasteiger partial charge is 0.395 e. The summed E-state index contributed by atoms with van der Waals surface area (Å²) in [5.41, 5.74) is 0.235. The van der Waals surface area contributed by atoms with Crippen LogP contribution in [0.3, 0.4) is 0 Å². The molecule has 3 nitrogen and oxygen atoms in total. The van der Waals surface area contributed by atoms with Gasteiger partial charge >= 0.3 is 0 Å². The summed E-state index contributed by atoms with van der Waals surface area (Å²) in [4.78, 5) is 0. The number of nitrogens with one attached hydrogen (secondary N) is 1. The van der Waals surface area contributed by atoms with E-state index in [9.17, 15) is 5.11 Å². The molecule has 1 saturated carbocycles. The molecule has 3 heteroatoms. The van der Waals surface area contributed by atoms with Crippen molar-refractivity contribution in [1.82, 2.24) is 5.32 Å². The molecule has 1 aliphatic carbocycles. The third kappa shape index (κ3) is 4.19. The van der Waals surface area contributed by atoms with E-state index >= 15 is 0 Å². The summed E-state index contributed by atoms with van der Waals surface area (Å²) in [5.74, 6) is 0.598. The SMILES string of the molecule is CC(C)CC(CO)NCC1(CC#N)CC1. The van der Waals surface area contributed by atoms with Crippen LogP contribution in [0, 0.1) is 22.7 Å². The van der Waals surface area contributed by atoms with Gasteiger partial charge < -0.3 is 10.4 Å². The second kappa shape index (κ2) is 5.48. The Kier molecular flexibility index (Phi) is 4.56. The predicted octanol–water partition coefficient (Wildman–Crippen LogP) is 1.68. The van der Waals surface area contributed by atoms with Gasteiger partial charge in [0.25, 0.3) is 0 Å². The van der Waals surface area contributed by atoms with E-state index in [0.717, 1.165) is 25.8 Å². The third-order valence-electron chi connectivity index (χ3n) is 3.15. The van der Waals surface area contributed by atoms with Crippen molar-refractivity contribution < 1.29 is 5.11 Å². The van der Waals surface area contributed by atoms with Crippen LogP contribution in [-0.2, 0) is 0 Å². The maximum absolute atomic E-state index is 9.19.